The van der Waals surface area contributed by atoms with Crippen molar-refractivity contribution in [2.24, 2.45) is 0 Å². The van der Waals surface area contributed by atoms with E-state index in [0.29, 0.717) is 5.69 Å². The van der Waals surface area contributed by atoms with Gasteiger partial charge in [-0.2, -0.15) is 11.8 Å². The second-order valence-corrected chi connectivity index (χ2v) is 5.65. The number of nitrogens with one attached hydrogen (secondary N) is 1. The van der Waals surface area contributed by atoms with Gasteiger partial charge in [0.05, 0.1) is 4.92 Å². The lowest BCUT2D eigenvalue weighted by molar-refractivity contribution is -0.384. The minimum Gasteiger partial charge on any atom is -0.377 e. The van der Waals surface area contributed by atoms with E-state index in [9.17, 15) is 10.1 Å². The number of nitro groups is 1. The topological polar surface area (TPSA) is 55.2 Å². The van der Waals surface area contributed by atoms with Crippen molar-refractivity contribution in [2.45, 2.75) is 33.2 Å². The van der Waals surface area contributed by atoms with Crippen molar-refractivity contribution in [3.05, 3.63) is 33.9 Å². The maximum Gasteiger partial charge on any atom is 0.292 e. The van der Waals surface area contributed by atoms with Crippen molar-refractivity contribution < 1.29 is 4.92 Å². The Bertz CT molecular complexity index is 410. The van der Waals surface area contributed by atoms with Gasteiger partial charge in [-0.3, -0.25) is 10.1 Å². The molecule has 4 nitrogen and oxygen atoms in total. The van der Waals surface area contributed by atoms with E-state index in [1.54, 1.807) is 12.1 Å². The van der Waals surface area contributed by atoms with E-state index in [0.717, 1.165) is 23.5 Å². The summed E-state index contributed by atoms with van der Waals surface area (Å²) in [4.78, 5) is 10.6. The quantitative estimate of drug-likeness (QED) is 0.463. The summed E-state index contributed by atoms with van der Waals surface area (Å²) >= 11 is 1.89. The lowest BCUT2D eigenvalue weighted by Gasteiger charge is -2.16. The molecule has 1 aromatic carbocycles. The summed E-state index contributed by atoms with van der Waals surface area (Å²) in [7, 11) is 0. The molecule has 1 atom stereocenters. The molecule has 1 aromatic rings. The van der Waals surface area contributed by atoms with Gasteiger partial charge < -0.3 is 5.32 Å². The van der Waals surface area contributed by atoms with Crippen LogP contribution in [0.3, 0.4) is 0 Å². The van der Waals surface area contributed by atoms with E-state index in [1.165, 1.54) is 0 Å². The molecule has 0 aliphatic heterocycles. The second-order valence-electron chi connectivity index (χ2n) is 4.26. The van der Waals surface area contributed by atoms with Gasteiger partial charge in [-0.15, -0.1) is 0 Å². The smallest absolute Gasteiger partial charge is 0.292 e. The summed E-state index contributed by atoms with van der Waals surface area (Å²) in [6.07, 6.45) is 1.00. The molecule has 1 rings (SSSR count). The van der Waals surface area contributed by atoms with Crippen LogP contribution < -0.4 is 5.32 Å². The molecule has 5 heteroatoms. The largest absolute Gasteiger partial charge is 0.377 e. The van der Waals surface area contributed by atoms with E-state index < -0.39 is 0 Å². The molecule has 100 valence electrons. The van der Waals surface area contributed by atoms with Gasteiger partial charge in [0.15, 0.2) is 0 Å². The zero-order valence-electron chi connectivity index (χ0n) is 11.1. The minimum absolute atomic E-state index is 0.157. The summed E-state index contributed by atoms with van der Waals surface area (Å²) < 4.78 is 0. The predicted octanol–water partition coefficient (Wildman–Crippen LogP) is 3.85. The van der Waals surface area contributed by atoms with Gasteiger partial charge in [-0.25, -0.2) is 0 Å². The third-order valence-corrected chi connectivity index (χ3v) is 3.67. The molecule has 0 fully saturated rings. The Morgan fingerprint density at radius 2 is 2.22 bits per heavy atom. The first kappa shape index (κ1) is 14.8. The number of hydrogen-bond acceptors (Lipinski definition) is 4. The van der Waals surface area contributed by atoms with Gasteiger partial charge in [0, 0.05) is 12.1 Å². The molecular weight excluding hydrogens is 248 g/mol. The van der Waals surface area contributed by atoms with Gasteiger partial charge in [0.2, 0.25) is 0 Å². The molecule has 0 heterocycles. The van der Waals surface area contributed by atoms with Crippen LogP contribution in [-0.2, 0) is 0 Å². The zero-order valence-corrected chi connectivity index (χ0v) is 11.9. The van der Waals surface area contributed by atoms with Crippen molar-refractivity contribution >= 4 is 23.1 Å². The van der Waals surface area contributed by atoms with Crippen LogP contribution in [0.25, 0.3) is 0 Å². The first-order valence-electron chi connectivity index (χ1n) is 6.14. The van der Waals surface area contributed by atoms with Gasteiger partial charge in [-0.1, -0.05) is 19.1 Å². The Kier molecular flexibility index (Phi) is 5.98. The highest BCUT2D eigenvalue weighted by molar-refractivity contribution is 7.99. The molecule has 0 amide bonds. The highest BCUT2D eigenvalue weighted by Gasteiger charge is 2.16. The maximum atomic E-state index is 11.0. The standard InChI is InChI=1S/C13H20N2O2S/c1-4-18-9-8-11(3)14-13-10(2)6-5-7-12(13)15(16)17/h5-7,11,14H,4,8-9H2,1-3H3. The highest BCUT2D eigenvalue weighted by atomic mass is 32.2. The molecular formula is C13H20N2O2S. The molecule has 0 aliphatic carbocycles. The second kappa shape index (κ2) is 7.26. The summed E-state index contributed by atoms with van der Waals surface area (Å²) in [5.41, 5.74) is 1.72. The Morgan fingerprint density at radius 1 is 1.50 bits per heavy atom. The number of nitrogens with zero attached hydrogens (tertiary/aromatic N) is 1. The fourth-order valence-corrected chi connectivity index (χ4v) is 2.52. The first-order valence-corrected chi connectivity index (χ1v) is 7.30. The monoisotopic (exact) mass is 268 g/mol. The van der Waals surface area contributed by atoms with Gasteiger partial charge in [0.25, 0.3) is 5.69 Å². The SMILES string of the molecule is CCSCCC(C)Nc1c(C)cccc1[N+](=O)[O-]. The number of rotatable bonds is 7. The molecule has 0 radical (unpaired) electrons. The molecule has 1 unspecified atom stereocenters. The van der Waals surface area contributed by atoms with Crippen molar-refractivity contribution in [1.29, 1.82) is 0 Å². The molecule has 1 N–H and O–H groups in total. The fraction of sp³-hybridized carbons (Fsp3) is 0.538. The van der Waals surface area contributed by atoms with E-state index in [1.807, 2.05) is 24.8 Å². The van der Waals surface area contributed by atoms with Crippen LogP contribution in [0.1, 0.15) is 25.8 Å². The van der Waals surface area contributed by atoms with Crippen LogP contribution in [0.5, 0.6) is 0 Å². The summed E-state index contributed by atoms with van der Waals surface area (Å²) in [5, 5.41) is 14.2. The Balaban J connectivity index is 2.73. The van der Waals surface area contributed by atoms with Gasteiger partial charge >= 0.3 is 0 Å². The van der Waals surface area contributed by atoms with E-state index in [2.05, 4.69) is 19.2 Å². The van der Waals surface area contributed by atoms with Gasteiger partial charge in [0.1, 0.15) is 5.69 Å². The Hall–Kier alpha value is -1.23. The maximum absolute atomic E-state index is 11.0. The zero-order chi connectivity index (χ0) is 13.5. The Labute approximate surface area is 112 Å². The lowest BCUT2D eigenvalue weighted by atomic mass is 10.1. The van der Waals surface area contributed by atoms with Crippen LogP contribution >= 0.6 is 11.8 Å². The van der Waals surface area contributed by atoms with Crippen LogP contribution in [0, 0.1) is 17.0 Å². The van der Waals surface area contributed by atoms with Crippen molar-refractivity contribution in [3.63, 3.8) is 0 Å². The highest BCUT2D eigenvalue weighted by Crippen LogP contribution is 2.28. The van der Waals surface area contributed by atoms with Crippen molar-refractivity contribution in [1.82, 2.24) is 0 Å². The molecule has 0 saturated heterocycles. The summed E-state index contributed by atoms with van der Waals surface area (Å²) in [6.45, 7) is 6.09. The lowest BCUT2D eigenvalue weighted by Crippen LogP contribution is -2.17. The fourth-order valence-electron chi connectivity index (χ4n) is 1.72. The number of hydrogen-bond donors (Lipinski definition) is 1. The molecule has 0 saturated carbocycles. The molecule has 0 aromatic heterocycles. The van der Waals surface area contributed by atoms with Crippen molar-refractivity contribution in [3.8, 4) is 0 Å². The van der Waals surface area contributed by atoms with Crippen LogP contribution in [0.4, 0.5) is 11.4 Å². The molecule has 0 spiro atoms. The van der Waals surface area contributed by atoms with Crippen LogP contribution in [-0.4, -0.2) is 22.5 Å². The first-order chi connectivity index (χ1) is 8.56. The van der Waals surface area contributed by atoms with Crippen LogP contribution in [0.15, 0.2) is 18.2 Å². The van der Waals surface area contributed by atoms with E-state index in [4.69, 9.17) is 0 Å². The third kappa shape index (κ3) is 4.22. The number of para-hydroxylation sites is 1. The average molecular weight is 268 g/mol. The van der Waals surface area contributed by atoms with Gasteiger partial charge in [-0.05, 0) is 37.3 Å². The number of benzene rings is 1. The van der Waals surface area contributed by atoms with Crippen molar-refractivity contribution in [2.75, 3.05) is 16.8 Å². The van der Waals surface area contributed by atoms with E-state index >= 15 is 0 Å². The minimum atomic E-state index is -0.331. The Morgan fingerprint density at radius 3 is 2.83 bits per heavy atom. The average Bonchev–Trinajstić information content (AvgIpc) is 2.31. The number of aryl methyl sites for hydroxylation is 1. The summed E-state index contributed by atoms with van der Waals surface area (Å²) in [5.74, 6) is 2.18. The predicted molar refractivity (Wildman–Crippen MR) is 78.5 cm³/mol. The van der Waals surface area contributed by atoms with Crippen LogP contribution in [0.2, 0.25) is 0 Å². The molecule has 18 heavy (non-hydrogen) atoms. The van der Waals surface area contributed by atoms with E-state index in [-0.39, 0.29) is 16.7 Å². The molecule has 0 aliphatic rings. The summed E-state index contributed by atoms with van der Waals surface area (Å²) in [6, 6.07) is 5.39. The number of anilines is 1. The number of thioether (sulfide) groups is 1. The normalized spacial score (nSPS) is 12.2. The number of nitro benzene ring substituents is 1. The third-order valence-electron chi connectivity index (χ3n) is 2.74. The molecule has 0 bridgehead atoms.